The van der Waals surface area contributed by atoms with Gasteiger partial charge >= 0.3 is 0 Å². The van der Waals surface area contributed by atoms with Crippen molar-refractivity contribution < 1.29 is 19.4 Å². The summed E-state index contributed by atoms with van der Waals surface area (Å²) in [6.07, 6.45) is 1.42. The Bertz CT molecular complexity index is 446. The maximum atomic E-state index is 11.2. The number of benzene rings is 1. The van der Waals surface area contributed by atoms with Gasteiger partial charge in [-0.1, -0.05) is 0 Å². The summed E-state index contributed by atoms with van der Waals surface area (Å²) < 4.78 is 10.8. The number of hydrogen-bond acceptors (Lipinski definition) is 5. The average molecular weight is 330 g/mol. The number of nitrogens with one attached hydrogen (secondary N) is 1. The van der Waals surface area contributed by atoms with Crippen LogP contribution < -0.4 is 10.1 Å². The van der Waals surface area contributed by atoms with Crippen molar-refractivity contribution in [3.8, 4) is 5.75 Å². The third kappa shape index (κ3) is 6.32. The van der Waals surface area contributed by atoms with Crippen LogP contribution in [0.4, 0.5) is 0 Å². The molecule has 1 saturated heterocycles. The normalized spacial score (nSPS) is 16.6. The van der Waals surface area contributed by atoms with E-state index in [9.17, 15) is 9.90 Å². The molecule has 2 N–H and O–H groups in total. The SMILES string of the molecule is CC(=O)c1ccc(OCC(O)CNC2CCOCC2)cc1.Cl. The fourth-order valence-corrected chi connectivity index (χ4v) is 2.24. The summed E-state index contributed by atoms with van der Waals surface area (Å²) in [4.78, 5) is 11.2. The number of aliphatic hydroxyl groups is 1. The maximum absolute atomic E-state index is 11.2. The van der Waals surface area contributed by atoms with Crippen molar-refractivity contribution in [2.24, 2.45) is 0 Å². The van der Waals surface area contributed by atoms with Gasteiger partial charge in [-0.25, -0.2) is 0 Å². The van der Waals surface area contributed by atoms with Crippen LogP contribution in [0.5, 0.6) is 5.75 Å². The van der Waals surface area contributed by atoms with Crippen molar-refractivity contribution >= 4 is 18.2 Å². The molecule has 1 aliphatic rings. The van der Waals surface area contributed by atoms with E-state index < -0.39 is 6.10 Å². The van der Waals surface area contributed by atoms with Gasteiger partial charge in [-0.05, 0) is 44.0 Å². The van der Waals surface area contributed by atoms with Crippen LogP contribution in [-0.2, 0) is 4.74 Å². The van der Waals surface area contributed by atoms with E-state index in [4.69, 9.17) is 9.47 Å². The predicted octanol–water partition coefficient (Wildman–Crippen LogP) is 1.82. The largest absolute Gasteiger partial charge is 0.491 e. The zero-order chi connectivity index (χ0) is 15.1. The number of Topliss-reactive ketones (excluding diaryl/α,β-unsaturated/α-hetero) is 1. The number of aliphatic hydroxyl groups excluding tert-OH is 1. The van der Waals surface area contributed by atoms with Crippen molar-refractivity contribution in [3.05, 3.63) is 29.8 Å². The highest BCUT2D eigenvalue weighted by Crippen LogP contribution is 2.13. The standard InChI is InChI=1S/C16H23NO4.ClH/c1-12(18)13-2-4-16(5-3-13)21-11-15(19)10-17-14-6-8-20-9-7-14;/h2-5,14-15,17,19H,6-11H2,1H3;1H. The van der Waals surface area contributed by atoms with Crippen molar-refractivity contribution in [2.75, 3.05) is 26.4 Å². The third-order valence-electron chi connectivity index (χ3n) is 3.57. The molecule has 124 valence electrons. The number of hydrogen-bond donors (Lipinski definition) is 2. The number of ketones is 1. The lowest BCUT2D eigenvalue weighted by Crippen LogP contribution is -2.40. The monoisotopic (exact) mass is 329 g/mol. The summed E-state index contributed by atoms with van der Waals surface area (Å²) in [5.41, 5.74) is 0.657. The second kappa shape index (κ2) is 9.79. The second-order valence-electron chi connectivity index (χ2n) is 5.34. The third-order valence-corrected chi connectivity index (χ3v) is 3.57. The Morgan fingerprint density at radius 2 is 2.00 bits per heavy atom. The molecule has 1 heterocycles. The fraction of sp³-hybridized carbons (Fsp3) is 0.562. The van der Waals surface area contributed by atoms with Crippen LogP contribution in [-0.4, -0.2) is 49.4 Å². The van der Waals surface area contributed by atoms with E-state index in [0.29, 0.717) is 23.9 Å². The van der Waals surface area contributed by atoms with Gasteiger partial charge in [0.05, 0.1) is 0 Å². The summed E-state index contributed by atoms with van der Waals surface area (Å²) in [7, 11) is 0. The van der Waals surface area contributed by atoms with Gasteiger partial charge in [-0.15, -0.1) is 12.4 Å². The smallest absolute Gasteiger partial charge is 0.159 e. The van der Waals surface area contributed by atoms with Gasteiger partial charge in [-0.2, -0.15) is 0 Å². The molecule has 2 rings (SSSR count). The van der Waals surface area contributed by atoms with E-state index in [1.165, 1.54) is 6.92 Å². The van der Waals surface area contributed by atoms with Gasteiger partial charge < -0.3 is 19.9 Å². The van der Waals surface area contributed by atoms with Crippen molar-refractivity contribution in [1.29, 1.82) is 0 Å². The topological polar surface area (TPSA) is 67.8 Å². The Morgan fingerprint density at radius 1 is 1.36 bits per heavy atom. The molecule has 22 heavy (non-hydrogen) atoms. The molecular formula is C16H24ClNO4. The minimum Gasteiger partial charge on any atom is -0.491 e. The molecule has 0 radical (unpaired) electrons. The van der Waals surface area contributed by atoms with Crippen molar-refractivity contribution in [3.63, 3.8) is 0 Å². The molecule has 6 heteroatoms. The quantitative estimate of drug-likeness (QED) is 0.747. The lowest BCUT2D eigenvalue weighted by atomic mass is 10.1. The molecule has 1 aliphatic heterocycles. The highest BCUT2D eigenvalue weighted by molar-refractivity contribution is 5.94. The first-order chi connectivity index (χ1) is 10.1. The predicted molar refractivity (Wildman–Crippen MR) is 87.0 cm³/mol. The Hall–Kier alpha value is -1.14. The first-order valence-corrected chi connectivity index (χ1v) is 7.38. The van der Waals surface area contributed by atoms with E-state index in [0.717, 1.165) is 26.1 Å². The van der Waals surface area contributed by atoms with Crippen LogP contribution in [0, 0.1) is 0 Å². The Kier molecular flexibility index (Phi) is 8.42. The molecule has 0 aromatic heterocycles. The first kappa shape index (κ1) is 18.9. The van der Waals surface area contributed by atoms with Crippen molar-refractivity contribution in [1.82, 2.24) is 5.32 Å². The lowest BCUT2D eigenvalue weighted by Gasteiger charge is -2.24. The average Bonchev–Trinajstić information content (AvgIpc) is 2.52. The van der Waals surface area contributed by atoms with E-state index in [2.05, 4.69) is 5.32 Å². The zero-order valence-electron chi connectivity index (χ0n) is 12.8. The molecule has 0 aliphatic carbocycles. The molecule has 1 aromatic carbocycles. The highest BCUT2D eigenvalue weighted by atomic mass is 35.5. The van der Waals surface area contributed by atoms with E-state index in [1.54, 1.807) is 24.3 Å². The maximum Gasteiger partial charge on any atom is 0.159 e. The van der Waals surface area contributed by atoms with Gasteiger partial charge in [0.2, 0.25) is 0 Å². The molecule has 1 atom stereocenters. The molecule has 1 fully saturated rings. The Morgan fingerprint density at radius 3 is 2.59 bits per heavy atom. The summed E-state index contributed by atoms with van der Waals surface area (Å²) >= 11 is 0. The minimum atomic E-state index is -0.555. The summed E-state index contributed by atoms with van der Waals surface area (Å²) in [6.45, 7) is 3.84. The molecule has 5 nitrogen and oxygen atoms in total. The highest BCUT2D eigenvalue weighted by Gasteiger charge is 2.14. The molecule has 0 amide bonds. The fourth-order valence-electron chi connectivity index (χ4n) is 2.24. The molecule has 1 aromatic rings. The number of carbonyl (C=O) groups is 1. The molecule has 0 bridgehead atoms. The van der Waals surface area contributed by atoms with E-state index >= 15 is 0 Å². The van der Waals surface area contributed by atoms with E-state index in [1.807, 2.05) is 0 Å². The summed E-state index contributed by atoms with van der Waals surface area (Å²) in [5.74, 6) is 0.687. The van der Waals surface area contributed by atoms with Gasteiger partial charge in [0.1, 0.15) is 18.5 Å². The van der Waals surface area contributed by atoms with Crippen molar-refractivity contribution in [2.45, 2.75) is 31.9 Å². The molecular weight excluding hydrogens is 306 g/mol. The molecule has 1 unspecified atom stereocenters. The van der Waals surface area contributed by atoms with Gasteiger partial charge in [0.25, 0.3) is 0 Å². The van der Waals surface area contributed by atoms with Crippen LogP contribution in [0.15, 0.2) is 24.3 Å². The Labute approximate surface area is 137 Å². The first-order valence-electron chi connectivity index (χ1n) is 7.38. The minimum absolute atomic E-state index is 0. The zero-order valence-corrected chi connectivity index (χ0v) is 13.6. The lowest BCUT2D eigenvalue weighted by molar-refractivity contribution is 0.0655. The summed E-state index contributed by atoms with van der Waals surface area (Å²) in [6, 6.07) is 7.36. The van der Waals surface area contributed by atoms with Gasteiger partial charge in [0, 0.05) is 31.4 Å². The number of carbonyl (C=O) groups excluding carboxylic acids is 1. The van der Waals surface area contributed by atoms with Crippen LogP contribution in [0.1, 0.15) is 30.1 Å². The number of rotatable bonds is 7. The van der Waals surface area contributed by atoms with Crippen LogP contribution in [0.3, 0.4) is 0 Å². The molecule has 0 saturated carbocycles. The number of ether oxygens (including phenoxy) is 2. The van der Waals surface area contributed by atoms with Crippen LogP contribution in [0.2, 0.25) is 0 Å². The second-order valence-corrected chi connectivity index (χ2v) is 5.34. The van der Waals surface area contributed by atoms with Gasteiger partial charge in [0.15, 0.2) is 5.78 Å². The van der Waals surface area contributed by atoms with Gasteiger partial charge in [-0.3, -0.25) is 4.79 Å². The Balaban J connectivity index is 0.00000242. The van der Waals surface area contributed by atoms with Crippen LogP contribution >= 0.6 is 12.4 Å². The number of halogens is 1. The van der Waals surface area contributed by atoms with E-state index in [-0.39, 0.29) is 24.8 Å². The van der Waals surface area contributed by atoms with Crippen LogP contribution in [0.25, 0.3) is 0 Å². The summed E-state index contributed by atoms with van der Waals surface area (Å²) in [5, 5.41) is 13.2. The molecule has 0 spiro atoms.